The van der Waals surface area contributed by atoms with Gasteiger partial charge in [-0.05, 0) is 66.7 Å². The maximum Gasteiger partial charge on any atom is 0.227 e. The fraction of sp³-hybridized carbons (Fsp3) is 0. The molecular weight excluding hydrogens is 610 g/mol. The molecule has 8 nitrogen and oxygen atoms in total. The number of rotatable bonds is 5. The minimum absolute atomic E-state index is 0.536. The number of hydrogen-bond acceptors (Lipinski definition) is 8. The zero-order valence-electron chi connectivity index (χ0n) is 25.7. The van der Waals surface area contributed by atoms with Crippen LogP contribution in [0, 0.1) is 0 Å². The van der Waals surface area contributed by atoms with Crippen molar-refractivity contribution < 1.29 is 13.3 Å². The Labute approximate surface area is 278 Å². The van der Waals surface area contributed by atoms with Crippen molar-refractivity contribution in [2.24, 2.45) is 0 Å². The third kappa shape index (κ3) is 4.73. The van der Waals surface area contributed by atoms with Gasteiger partial charge in [0.2, 0.25) is 11.8 Å². The summed E-state index contributed by atoms with van der Waals surface area (Å²) in [5.41, 5.74) is 8.94. The topological polar surface area (TPSA) is 104 Å². The molecule has 8 heteroatoms. The molecule has 0 unspecified atom stereocenters. The van der Waals surface area contributed by atoms with E-state index < -0.39 is 0 Å². The van der Waals surface area contributed by atoms with Crippen LogP contribution in [0.15, 0.2) is 153 Å². The number of nitrogens with zero attached hydrogens (tertiary/aromatic N) is 5. The average Bonchev–Trinajstić information content (AvgIpc) is 3.90. The predicted octanol–water partition coefficient (Wildman–Crippen LogP) is 10.4. The summed E-state index contributed by atoms with van der Waals surface area (Å²) >= 11 is 0. The van der Waals surface area contributed by atoms with E-state index in [1.165, 1.54) is 0 Å². The molecule has 10 rings (SSSR count). The first-order valence-electron chi connectivity index (χ1n) is 15.8. The van der Waals surface area contributed by atoms with Crippen LogP contribution in [0.1, 0.15) is 0 Å². The van der Waals surface area contributed by atoms with Crippen LogP contribution in [0.2, 0.25) is 0 Å². The molecule has 10 aromatic rings. The van der Waals surface area contributed by atoms with Gasteiger partial charge in [0.1, 0.15) is 22.2 Å². The molecule has 4 aromatic heterocycles. The summed E-state index contributed by atoms with van der Waals surface area (Å²) < 4.78 is 18.2. The third-order valence-electron chi connectivity index (χ3n) is 8.64. The molecule has 0 aliphatic rings. The molecule has 0 saturated carbocycles. The van der Waals surface area contributed by atoms with Gasteiger partial charge in [-0.1, -0.05) is 72.8 Å². The summed E-state index contributed by atoms with van der Waals surface area (Å²) in [6.07, 6.45) is 0. The Morgan fingerprint density at radius 2 is 0.735 bits per heavy atom. The Morgan fingerprint density at radius 1 is 0.306 bits per heavy atom. The van der Waals surface area contributed by atoms with E-state index in [0.717, 1.165) is 72.0 Å². The van der Waals surface area contributed by atoms with Crippen molar-refractivity contribution in [3.63, 3.8) is 0 Å². The predicted molar refractivity (Wildman–Crippen MR) is 189 cm³/mol. The highest BCUT2D eigenvalue weighted by atomic mass is 16.4. The van der Waals surface area contributed by atoms with E-state index in [1.807, 2.05) is 127 Å². The second-order valence-electron chi connectivity index (χ2n) is 11.7. The summed E-state index contributed by atoms with van der Waals surface area (Å²) in [7, 11) is 0. The Bertz CT molecular complexity index is 2630. The van der Waals surface area contributed by atoms with Crippen LogP contribution in [0.4, 0.5) is 0 Å². The lowest BCUT2D eigenvalue weighted by molar-refractivity contribution is 0.619. The first-order valence-corrected chi connectivity index (χ1v) is 15.8. The van der Waals surface area contributed by atoms with Crippen LogP contribution in [0.3, 0.4) is 0 Å². The summed E-state index contributed by atoms with van der Waals surface area (Å²) in [6, 6.07) is 45.4. The fourth-order valence-electron chi connectivity index (χ4n) is 6.14. The lowest BCUT2D eigenvalue weighted by Crippen LogP contribution is -2.00. The molecule has 0 N–H and O–H groups in total. The molecule has 0 aliphatic carbocycles. The lowest BCUT2D eigenvalue weighted by atomic mass is 10.1. The van der Waals surface area contributed by atoms with Gasteiger partial charge in [-0.3, -0.25) is 0 Å². The highest BCUT2D eigenvalue weighted by Crippen LogP contribution is 2.34. The van der Waals surface area contributed by atoms with Crippen LogP contribution in [0.25, 0.3) is 101 Å². The van der Waals surface area contributed by atoms with Crippen molar-refractivity contribution in [1.82, 2.24) is 24.9 Å². The van der Waals surface area contributed by atoms with Gasteiger partial charge < -0.3 is 13.3 Å². The van der Waals surface area contributed by atoms with Gasteiger partial charge in [0.05, 0.1) is 0 Å². The second-order valence-corrected chi connectivity index (χ2v) is 11.7. The van der Waals surface area contributed by atoms with Gasteiger partial charge >= 0.3 is 0 Å². The maximum absolute atomic E-state index is 6.20. The van der Waals surface area contributed by atoms with Crippen LogP contribution in [-0.4, -0.2) is 24.9 Å². The molecule has 0 spiro atoms. The van der Waals surface area contributed by atoms with Gasteiger partial charge in [0.15, 0.2) is 28.6 Å². The van der Waals surface area contributed by atoms with Gasteiger partial charge in [0, 0.05) is 38.6 Å². The van der Waals surface area contributed by atoms with Crippen LogP contribution in [0.5, 0.6) is 0 Å². The molecule has 0 radical (unpaired) electrons. The van der Waals surface area contributed by atoms with E-state index in [1.54, 1.807) is 0 Å². The van der Waals surface area contributed by atoms with E-state index in [-0.39, 0.29) is 0 Å². The van der Waals surface area contributed by atoms with E-state index in [2.05, 4.69) is 22.1 Å². The Hall–Kier alpha value is -6.93. The number of hydrogen-bond donors (Lipinski definition) is 0. The summed E-state index contributed by atoms with van der Waals surface area (Å²) in [4.78, 5) is 24.2. The molecule has 0 amide bonds. The van der Waals surface area contributed by atoms with Gasteiger partial charge in [-0.15, -0.1) is 0 Å². The largest absolute Gasteiger partial charge is 0.456 e. The highest BCUT2D eigenvalue weighted by Gasteiger charge is 2.16. The lowest BCUT2D eigenvalue weighted by Gasteiger charge is -2.09. The molecule has 0 bridgehead atoms. The maximum atomic E-state index is 6.20. The number of furan rings is 1. The van der Waals surface area contributed by atoms with Crippen molar-refractivity contribution in [2.45, 2.75) is 0 Å². The molecule has 4 heterocycles. The zero-order chi connectivity index (χ0) is 32.3. The monoisotopic (exact) mass is 633 g/mol. The van der Waals surface area contributed by atoms with E-state index in [4.69, 9.17) is 28.2 Å². The number of aromatic nitrogens is 5. The Kier molecular flexibility index (Phi) is 6.01. The van der Waals surface area contributed by atoms with Gasteiger partial charge in [0.25, 0.3) is 0 Å². The molecular formula is C41H23N5O3. The number of fused-ring (bicyclic) bond motifs is 5. The van der Waals surface area contributed by atoms with Crippen LogP contribution in [-0.2, 0) is 0 Å². The van der Waals surface area contributed by atoms with Gasteiger partial charge in [-0.25, -0.2) is 24.9 Å². The average molecular weight is 634 g/mol. The molecule has 0 aliphatic heterocycles. The summed E-state index contributed by atoms with van der Waals surface area (Å²) in [5.74, 6) is 2.73. The van der Waals surface area contributed by atoms with E-state index in [9.17, 15) is 0 Å². The SMILES string of the molecule is c1ccc2oc(-c3ccc(-c4nc(-c5ccc(-c6nc7ccccc7o6)cc5)nc(-c5ccc6c(c5)oc5ccccc56)n4)cc3)nc2c1. The minimum atomic E-state index is 0.536. The number of oxazole rings is 2. The van der Waals surface area contributed by atoms with Crippen molar-refractivity contribution in [1.29, 1.82) is 0 Å². The zero-order valence-corrected chi connectivity index (χ0v) is 25.7. The Balaban J connectivity index is 1.07. The first-order chi connectivity index (χ1) is 24.2. The standard InChI is InChI=1S/C41H23N5O3/c1-4-10-33-29(7-1)30-22-21-28(23-36(30)47-33)39-45-37(24-13-17-26(18-14-24)40-42-31-8-2-5-11-34(31)48-40)44-38(46-39)25-15-19-27(20-16-25)41-43-32-9-3-6-12-35(32)49-41/h1-23H. The molecule has 0 atom stereocenters. The molecule has 230 valence electrons. The van der Waals surface area contributed by atoms with E-state index >= 15 is 0 Å². The quantitative estimate of drug-likeness (QED) is 0.184. The van der Waals surface area contributed by atoms with Crippen LogP contribution < -0.4 is 0 Å². The molecule has 0 saturated heterocycles. The van der Waals surface area contributed by atoms with Crippen molar-refractivity contribution >= 4 is 44.1 Å². The van der Waals surface area contributed by atoms with Crippen LogP contribution >= 0.6 is 0 Å². The Morgan fingerprint density at radius 3 is 1.29 bits per heavy atom. The van der Waals surface area contributed by atoms with E-state index in [0.29, 0.717) is 29.3 Å². The minimum Gasteiger partial charge on any atom is -0.456 e. The molecule has 6 aromatic carbocycles. The summed E-state index contributed by atoms with van der Waals surface area (Å²) in [6.45, 7) is 0. The molecule has 49 heavy (non-hydrogen) atoms. The van der Waals surface area contributed by atoms with Crippen molar-refractivity contribution in [3.8, 4) is 57.1 Å². The summed E-state index contributed by atoms with van der Waals surface area (Å²) in [5, 5.41) is 2.11. The number of benzene rings is 6. The number of para-hydroxylation sites is 5. The normalized spacial score (nSPS) is 11.7. The van der Waals surface area contributed by atoms with Crippen molar-refractivity contribution in [2.75, 3.05) is 0 Å². The first kappa shape index (κ1) is 27.2. The highest BCUT2D eigenvalue weighted by molar-refractivity contribution is 6.05. The second kappa shape index (κ2) is 10.8. The smallest absolute Gasteiger partial charge is 0.227 e. The third-order valence-corrected chi connectivity index (χ3v) is 8.64. The van der Waals surface area contributed by atoms with Crippen molar-refractivity contribution in [3.05, 3.63) is 140 Å². The molecule has 0 fully saturated rings. The fourth-order valence-corrected chi connectivity index (χ4v) is 6.14. The van der Waals surface area contributed by atoms with Gasteiger partial charge in [-0.2, -0.15) is 0 Å².